The van der Waals surface area contributed by atoms with Crippen LogP contribution >= 0.6 is 0 Å². The van der Waals surface area contributed by atoms with E-state index >= 15 is 0 Å². The Morgan fingerprint density at radius 1 is 1.89 bits per heavy atom. The molecule has 0 saturated carbocycles. The van der Waals surface area contributed by atoms with E-state index in [0.29, 0.717) is 0 Å². The minimum atomic E-state index is 0.830. The van der Waals surface area contributed by atoms with Gasteiger partial charge in [-0.2, -0.15) is 0 Å². The van der Waals surface area contributed by atoms with Crippen LogP contribution in [0.4, 0.5) is 0 Å². The number of nitriles is 1. The molecule has 0 unspecified atom stereocenters. The van der Waals surface area contributed by atoms with Crippen molar-refractivity contribution in [1.82, 2.24) is 9.46 Å². The van der Waals surface area contributed by atoms with Crippen LogP contribution in [0, 0.1) is 18.2 Å². The Kier molecular flexibility index (Phi) is 1.54. The summed E-state index contributed by atoms with van der Waals surface area (Å²) in [5.41, 5.74) is 0. The zero-order valence-corrected chi connectivity index (χ0v) is 5.07. The van der Waals surface area contributed by atoms with Gasteiger partial charge in [0.15, 0.2) is 0 Å². The van der Waals surface area contributed by atoms with Crippen molar-refractivity contribution in [1.29, 1.82) is 5.26 Å². The van der Waals surface area contributed by atoms with Crippen LogP contribution in [0.1, 0.15) is 5.82 Å². The first-order valence-electron chi connectivity index (χ1n) is 2.57. The molecule has 1 rings (SSSR count). The maximum atomic E-state index is 8.21. The van der Waals surface area contributed by atoms with Gasteiger partial charge in [-0.3, -0.25) is 0 Å². The van der Waals surface area contributed by atoms with E-state index in [1.54, 1.807) is 16.9 Å². The molecule has 0 fully saturated rings. The highest BCUT2D eigenvalue weighted by atomic mass is 15.0. The fraction of sp³-hybridized carbons (Fsp3) is 0.200. The van der Waals surface area contributed by atoms with Crippen LogP contribution in [0.2, 0.25) is 0 Å². The molecule has 0 N–H and O–H groups in total. The van der Waals surface area contributed by atoms with E-state index in [9.17, 15) is 0 Å². The smallest absolute Gasteiger partial charge is 0.369 e. The molecule has 0 amide bonds. The molecule has 43 valence electrons. The summed E-state index contributed by atoms with van der Waals surface area (Å²) in [4.78, 5) is 3.92. The Bertz CT molecular complexity index is 235. The number of nitrogens with zero attached hydrogens (tertiary/aromatic N) is 3. The monoisotopic (exact) mass is 118 g/mol. The number of imidazole rings is 1. The van der Waals surface area contributed by atoms with Gasteiger partial charge in [-0.1, -0.05) is 0 Å². The first-order valence-corrected chi connectivity index (χ1v) is 2.57. The van der Waals surface area contributed by atoms with Gasteiger partial charge < -0.3 is 4.48 Å². The third kappa shape index (κ3) is 1.11. The summed E-state index contributed by atoms with van der Waals surface area (Å²) in [5.74, 6) is 2.74. The molecule has 4 heteroatoms. The third-order valence-electron chi connectivity index (χ3n) is 1.06. The van der Waals surface area contributed by atoms with Crippen molar-refractivity contribution in [3.05, 3.63) is 18.2 Å². The first kappa shape index (κ1) is 5.89. The van der Waals surface area contributed by atoms with Gasteiger partial charge in [0.2, 0.25) is 0 Å². The molecule has 3 nitrogen and oxygen atoms in total. The third-order valence-corrected chi connectivity index (χ3v) is 1.06. The molecular weight excluding hydrogens is 113 g/mol. The number of rotatable bonds is 1. The molecule has 0 aliphatic carbocycles. The SMILES string of the molecule is Cc1nccn1[B]C#N. The predicted octanol–water partition coefficient (Wildman–Crippen LogP) is 0.140. The number of hydrogen-bond acceptors (Lipinski definition) is 2. The fourth-order valence-corrected chi connectivity index (χ4v) is 0.586. The maximum absolute atomic E-state index is 8.21. The fourth-order valence-electron chi connectivity index (χ4n) is 0.586. The predicted molar refractivity (Wildman–Crippen MR) is 33.7 cm³/mol. The highest BCUT2D eigenvalue weighted by Gasteiger charge is 1.95. The van der Waals surface area contributed by atoms with E-state index in [0.717, 1.165) is 5.82 Å². The summed E-state index contributed by atoms with van der Waals surface area (Å²) in [6.45, 7) is 1.84. The molecule has 0 saturated heterocycles. The zero-order chi connectivity index (χ0) is 6.69. The molecular formula is C5H5BN3. The van der Waals surface area contributed by atoms with E-state index in [-0.39, 0.29) is 0 Å². The van der Waals surface area contributed by atoms with Gasteiger partial charge in [-0.15, -0.1) is 0 Å². The van der Waals surface area contributed by atoms with E-state index < -0.39 is 0 Å². The standard InChI is InChI=1S/C5H5BN3/c1-5-8-2-3-9(5)6-4-7/h2-3H,1H3. The van der Waals surface area contributed by atoms with Crippen molar-refractivity contribution in [2.45, 2.75) is 6.92 Å². The highest BCUT2D eigenvalue weighted by Crippen LogP contribution is 1.89. The van der Waals surface area contributed by atoms with Gasteiger partial charge >= 0.3 is 7.41 Å². The van der Waals surface area contributed by atoms with Gasteiger partial charge in [0.1, 0.15) is 0 Å². The van der Waals surface area contributed by atoms with Crippen molar-refractivity contribution in [3.63, 3.8) is 0 Å². The summed E-state index contributed by atoms with van der Waals surface area (Å²) in [7, 11) is 1.41. The summed E-state index contributed by atoms with van der Waals surface area (Å²) in [6, 6.07) is 0. The van der Waals surface area contributed by atoms with Crippen LogP contribution in [0.3, 0.4) is 0 Å². The first-order chi connectivity index (χ1) is 4.34. The van der Waals surface area contributed by atoms with Crippen LogP contribution in [-0.2, 0) is 0 Å². The second-order valence-electron chi connectivity index (χ2n) is 1.64. The van der Waals surface area contributed by atoms with Gasteiger partial charge in [0.05, 0.1) is 5.82 Å². The molecule has 1 aromatic heterocycles. The van der Waals surface area contributed by atoms with Crippen molar-refractivity contribution >= 4 is 7.41 Å². The largest absolute Gasteiger partial charge is 0.392 e. The van der Waals surface area contributed by atoms with Crippen LogP contribution in [0.25, 0.3) is 0 Å². The Morgan fingerprint density at radius 3 is 3.11 bits per heavy atom. The topological polar surface area (TPSA) is 41.6 Å². The summed E-state index contributed by atoms with van der Waals surface area (Å²) < 4.78 is 1.67. The molecule has 1 aromatic rings. The van der Waals surface area contributed by atoms with E-state index in [4.69, 9.17) is 5.26 Å². The zero-order valence-electron chi connectivity index (χ0n) is 5.07. The number of hydrogen-bond donors (Lipinski definition) is 0. The molecule has 1 radical (unpaired) electrons. The summed E-state index contributed by atoms with van der Waals surface area (Å²) in [5, 5.41) is 8.21. The lowest BCUT2D eigenvalue weighted by molar-refractivity contribution is 1.07. The molecule has 0 bridgehead atoms. The molecule has 0 aliphatic heterocycles. The number of aryl methyl sites for hydroxylation is 1. The highest BCUT2D eigenvalue weighted by molar-refractivity contribution is 6.43. The molecule has 0 spiro atoms. The minimum absolute atomic E-state index is 0.830. The van der Waals surface area contributed by atoms with Gasteiger partial charge in [0.25, 0.3) is 0 Å². The Morgan fingerprint density at radius 2 is 2.67 bits per heavy atom. The number of aromatic nitrogens is 2. The second-order valence-corrected chi connectivity index (χ2v) is 1.64. The van der Waals surface area contributed by atoms with Crippen LogP contribution in [-0.4, -0.2) is 16.9 Å². The Balaban J connectivity index is 2.84. The van der Waals surface area contributed by atoms with Crippen LogP contribution < -0.4 is 0 Å². The van der Waals surface area contributed by atoms with E-state index in [1.807, 2.05) is 12.9 Å². The average molecular weight is 118 g/mol. The Hall–Kier alpha value is -1.24. The van der Waals surface area contributed by atoms with E-state index in [2.05, 4.69) is 4.98 Å². The normalized spacial score (nSPS) is 8.44. The summed E-state index contributed by atoms with van der Waals surface area (Å²) in [6.07, 6.45) is 3.39. The summed E-state index contributed by atoms with van der Waals surface area (Å²) >= 11 is 0. The molecule has 0 atom stereocenters. The van der Waals surface area contributed by atoms with Crippen molar-refractivity contribution < 1.29 is 0 Å². The van der Waals surface area contributed by atoms with Crippen molar-refractivity contribution in [2.24, 2.45) is 0 Å². The van der Waals surface area contributed by atoms with Gasteiger partial charge in [-0.05, 0) is 6.92 Å². The van der Waals surface area contributed by atoms with Gasteiger partial charge in [0, 0.05) is 18.4 Å². The molecule has 0 aromatic carbocycles. The van der Waals surface area contributed by atoms with Crippen LogP contribution in [0.15, 0.2) is 12.4 Å². The average Bonchev–Trinajstić information content (AvgIpc) is 2.18. The second kappa shape index (κ2) is 2.36. The lowest BCUT2D eigenvalue weighted by Crippen LogP contribution is -2.03. The van der Waals surface area contributed by atoms with Crippen molar-refractivity contribution in [3.8, 4) is 5.97 Å². The van der Waals surface area contributed by atoms with E-state index in [1.165, 1.54) is 7.41 Å². The van der Waals surface area contributed by atoms with Gasteiger partial charge in [-0.25, -0.2) is 10.2 Å². The molecule has 1 heterocycles. The minimum Gasteiger partial charge on any atom is -0.369 e. The van der Waals surface area contributed by atoms with Crippen LogP contribution in [0.5, 0.6) is 0 Å². The Labute approximate surface area is 54.2 Å². The molecule has 9 heavy (non-hydrogen) atoms. The van der Waals surface area contributed by atoms with Crippen molar-refractivity contribution in [2.75, 3.05) is 0 Å². The molecule has 0 aliphatic rings. The quantitative estimate of drug-likeness (QED) is 0.492. The lowest BCUT2D eigenvalue weighted by Gasteiger charge is -1.91. The maximum Gasteiger partial charge on any atom is 0.392 e. The lowest BCUT2D eigenvalue weighted by atomic mass is 9.98.